The Hall–Kier alpha value is 4.08. The van der Waals surface area contributed by atoms with Crippen LogP contribution in [0.25, 0.3) is 0 Å². The summed E-state index contributed by atoms with van der Waals surface area (Å²) in [6.07, 6.45) is 2.03. The molecule has 0 spiro atoms. The number of rotatable bonds is 7. The summed E-state index contributed by atoms with van der Waals surface area (Å²) in [5, 5.41) is 0. The Morgan fingerprint density at radius 1 is 0.302 bits per heavy atom. The SMILES string of the molecule is Brc1c(Br)c(Br)c(CC(Cc2c(Br)c(Br)c(Br)c(Br)c2Br)(Cc2c(Br)c(Br)c(Br)c(Br)c2Br)c2ccccc2)c(Br)c1Br. The van der Waals surface area contributed by atoms with Gasteiger partial charge in [0.05, 0.1) is 0 Å². The molecule has 4 aromatic carbocycles. The van der Waals surface area contributed by atoms with E-state index >= 15 is 0 Å². The molecule has 4 aromatic rings. The lowest BCUT2D eigenvalue weighted by atomic mass is 9.68. The summed E-state index contributed by atoms with van der Waals surface area (Å²) in [5.74, 6) is 0. The molecule has 0 aliphatic heterocycles. The maximum Gasteiger partial charge on any atom is 0.0482 e. The smallest absolute Gasteiger partial charge is 0.0482 e. The predicted octanol–water partition coefficient (Wildman–Crippen LogP) is 18.1. The Labute approximate surface area is 376 Å². The van der Waals surface area contributed by atoms with E-state index in [9.17, 15) is 0 Å². The maximum atomic E-state index is 3.93. The van der Waals surface area contributed by atoms with Crippen LogP contribution in [0.3, 0.4) is 0 Å². The second-order valence-corrected chi connectivity index (χ2v) is 21.2. The van der Waals surface area contributed by atoms with Gasteiger partial charge in [-0.3, -0.25) is 0 Å². The van der Waals surface area contributed by atoms with Crippen LogP contribution < -0.4 is 0 Å². The summed E-state index contributed by atoms with van der Waals surface area (Å²) in [4.78, 5) is 0. The van der Waals surface area contributed by atoms with Crippen LogP contribution in [0.2, 0.25) is 0 Å². The Morgan fingerprint density at radius 3 is 0.744 bits per heavy atom. The van der Waals surface area contributed by atoms with Crippen LogP contribution in [-0.2, 0) is 24.7 Å². The zero-order chi connectivity index (χ0) is 32.1. The molecule has 0 nitrogen and oxygen atoms in total. The molecular formula is C28H11Br15. The average Bonchev–Trinajstić information content (AvgIpc) is 3.01. The molecule has 0 aliphatic carbocycles. The minimum atomic E-state index is -0.464. The Morgan fingerprint density at radius 2 is 0.512 bits per heavy atom. The second kappa shape index (κ2) is 16.6. The molecule has 43 heavy (non-hydrogen) atoms. The summed E-state index contributed by atoms with van der Waals surface area (Å²) in [6.45, 7) is 0. The lowest BCUT2D eigenvalue weighted by Crippen LogP contribution is -2.35. The Bertz CT molecular complexity index is 1490. The maximum absolute atomic E-state index is 3.93. The number of halogens is 15. The van der Waals surface area contributed by atoms with Crippen LogP contribution in [0, 0.1) is 0 Å². The molecular weight excluding hydrogens is 1530 g/mol. The zero-order valence-electron chi connectivity index (χ0n) is 20.7. The van der Waals surface area contributed by atoms with E-state index in [0.29, 0.717) is 19.3 Å². The van der Waals surface area contributed by atoms with Crippen LogP contribution in [0.4, 0.5) is 0 Å². The molecule has 0 atom stereocenters. The van der Waals surface area contributed by atoms with E-state index in [1.807, 2.05) is 0 Å². The fourth-order valence-corrected chi connectivity index (χ4v) is 14.9. The van der Waals surface area contributed by atoms with Crippen molar-refractivity contribution in [3.8, 4) is 0 Å². The molecule has 0 N–H and O–H groups in total. The lowest BCUT2D eigenvalue weighted by Gasteiger charge is -2.38. The van der Waals surface area contributed by atoms with Crippen molar-refractivity contribution in [1.29, 1.82) is 0 Å². The van der Waals surface area contributed by atoms with Gasteiger partial charge in [-0.25, -0.2) is 0 Å². The third-order valence-corrected chi connectivity index (χ3v) is 25.6. The van der Waals surface area contributed by atoms with E-state index in [-0.39, 0.29) is 0 Å². The van der Waals surface area contributed by atoms with Crippen molar-refractivity contribution in [3.05, 3.63) is 120 Å². The third-order valence-electron chi connectivity index (χ3n) is 6.83. The normalized spacial score (nSPS) is 11.9. The molecule has 0 unspecified atom stereocenters. The predicted molar refractivity (Wildman–Crippen MR) is 234 cm³/mol. The summed E-state index contributed by atoms with van der Waals surface area (Å²) in [5.41, 5.74) is 4.10. The number of hydrogen-bond donors (Lipinski definition) is 0. The van der Waals surface area contributed by atoms with Gasteiger partial charge in [0.1, 0.15) is 0 Å². The van der Waals surface area contributed by atoms with Crippen molar-refractivity contribution in [2.24, 2.45) is 0 Å². The topological polar surface area (TPSA) is 0 Å². The number of hydrogen-bond acceptors (Lipinski definition) is 0. The average molecular weight is 1550 g/mol. The van der Waals surface area contributed by atoms with Crippen LogP contribution in [-0.4, -0.2) is 0 Å². The van der Waals surface area contributed by atoms with Gasteiger partial charge < -0.3 is 0 Å². The highest BCUT2D eigenvalue weighted by atomic mass is 79.9. The number of benzene rings is 4. The first-order chi connectivity index (χ1) is 20.1. The summed E-state index contributed by atoms with van der Waals surface area (Å²) in [7, 11) is 0. The summed E-state index contributed by atoms with van der Waals surface area (Å²) < 4.78 is 14.3. The molecule has 0 heterocycles. The van der Waals surface area contributed by atoms with E-state index in [1.54, 1.807) is 0 Å². The van der Waals surface area contributed by atoms with Crippen molar-refractivity contribution in [2.45, 2.75) is 24.7 Å². The van der Waals surface area contributed by atoms with E-state index in [1.165, 1.54) is 5.56 Å². The van der Waals surface area contributed by atoms with Gasteiger partial charge in [-0.2, -0.15) is 0 Å². The molecule has 0 bridgehead atoms. The highest BCUT2D eigenvalue weighted by Gasteiger charge is 2.39. The molecule has 228 valence electrons. The Balaban J connectivity index is 2.14. The molecule has 15 heteroatoms. The molecule has 0 saturated heterocycles. The van der Waals surface area contributed by atoms with E-state index in [0.717, 1.165) is 83.8 Å². The quantitative estimate of drug-likeness (QED) is 0.128. The lowest BCUT2D eigenvalue weighted by molar-refractivity contribution is 0.411. The van der Waals surface area contributed by atoms with Gasteiger partial charge >= 0.3 is 0 Å². The first-order valence-corrected chi connectivity index (χ1v) is 23.5. The standard InChI is InChI=1S/C28H11Br15/c29-13-10(14(30)20(36)25(41)19(13)35)6-28(9-4-2-1-3-5-9,7-11-15(31)21(37)26(42)22(38)16(11)32)8-12-17(33)23(39)27(43)24(40)18(12)34/h1-5H,6-8H2. The molecule has 0 saturated carbocycles. The van der Waals surface area contributed by atoms with Crippen LogP contribution >= 0.6 is 239 Å². The molecule has 0 aromatic heterocycles. The van der Waals surface area contributed by atoms with Crippen molar-refractivity contribution < 1.29 is 0 Å². The minimum Gasteiger partial charge on any atom is -0.0622 e. The monoisotopic (exact) mass is 1530 g/mol. The van der Waals surface area contributed by atoms with Gasteiger partial charge in [-0.15, -0.1) is 0 Å². The van der Waals surface area contributed by atoms with Crippen LogP contribution in [0.5, 0.6) is 0 Å². The van der Waals surface area contributed by atoms with Gasteiger partial charge in [0.15, 0.2) is 0 Å². The van der Waals surface area contributed by atoms with Gasteiger partial charge in [-0.1, -0.05) is 30.3 Å². The van der Waals surface area contributed by atoms with Gasteiger partial charge in [0, 0.05) is 72.5 Å². The third kappa shape index (κ3) is 8.11. The fourth-order valence-electron chi connectivity index (χ4n) is 4.72. The van der Waals surface area contributed by atoms with Crippen molar-refractivity contribution >= 4 is 239 Å². The van der Waals surface area contributed by atoms with Crippen LogP contribution in [0.15, 0.2) is 97.4 Å². The molecule has 0 amide bonds. The molecule has 0 fully saturated rings. The first-order valence-electron chi connectivity index (χ1n) is 11.6. The molecule has 4 rings (SSSR count). The van der Waals surface area contributed by atoms with E-state index in [4.69, 9.17) is 0 Å². The second-order valence-electron chi connectivity index (χ2n) is 9.32. The largest absolute Gasteiger partial charge is 0.0622 e. The van der Waals surface area contributed by atoms with Crippen molar-refractivity contribution in [1.82, 2.24) is 0 Å². The van der Waals surface area contributed by atoms with Crippen molar-refractivity contribution in [3.63, 3.8) is 0 Å². The van der Waals surface area contributed by atoms with Gasteiger partial charge in [-0.05, 0) is 280 Å². The van der Waals surface area contributed by atoms with E-state index in [2.05, 4.69) is 269 Å². The van der Waals surface area contributed by atoms with Gasteiger partial charge in [0.25, 0.3) is 0 Å². The molecule has 0 radical (unpaired) electrons. The highest BCUT2D eigenvalue weighted by molar-refractivity contribution is 9.17. The van der Waals surface area contributed by atoms with Crippen LogP contribution in [0.1, 0.15) is 22.3 Å². The summed E-state index contributed by atoms with van der Waals surface area (Å²) in [6, 6.07) is 10.7. The van der Waals surface area contributed by atoms with Crippen molar-refractivity contribution in [2.75, 3.05) is 0 Å². The Kier molecular flexibility index (Phi) is 15.4. The highest BCUT2D eigenvalue weighted by Crippen LogP contribution is 2.53. The van der Waals surface area contributed by atoms with E-state index < -0.39 is 5.41 Å². The fraction of sp³-hybridized carbons (Fsp3) is 0.143. The molecule has 0 aliphatic rings. The summed E-state index contributed by atoms with van der Waals surface area (Å²) >= 11 is 57.6. The van der Waals surface area contributed by atoms with Gasteiger partial charge in [0.2, 0.25) is 0 Å². The first kappa shape index (κ1) is 39.9. The zero-order valence-corrected chi connectivity index (χ0v) is 44.5. The minimum absolute atomic E-state index is 0.464.